The fraction of sp³-hybridized carbons (Fsp3) is 0.727. The molecule has 15 heavy (non-hydrogen) atoms. The van der Waals surface area contributed by atoms with Crippen LogP contribution < -0.4 is 5.32 Å². The fourth-order valence-corrected chi connectivity index (χ4v) is 1.81. The highest BCUT2D eigenvalue weighted by Gasteiger charge is 2.21. The number of aromatic nitrogens is 1. The van der Waals surface area contributed by atoms with Gasteiger partial charge in [0.2, 0.25) is 0 Å². The topological polar surface area (TPSA) is 47.3 Å². The number of aryl methyl sites for hydroxylation is 1. The zero-order chi connectivity index (χ0) is 10.5. The summed E-state index contributed by atoms with van der Waals surface area (Å²) in [4.78, 5) is 4.26. The van der Waals surface area contributed by atoms with Gasteiger partial charge < -0.3 is 14.5 Å². The van der Waals surface area contributed by atoms with Gasteiger partial charge in [0, 0.05) is 13.0 Å². The summed E-state index contributed by atoms with van der Waals surface area (Å²) in [6.07, 6.45) is 6.10. The molecule has 0 aromatic carbocycles. The molecule has 1 saturated heterocycles. The van der Waals surface area contributed by atoms with Crippen LogP contribution in [-0.2, 0) is 11.2 Å². The van der Waals surface area contributed by atoms with E-state index >= 15 is 0 Å². The van der Waals surface area contributed by atoms with Gasteiger partial charge in [-0.1, -0.05) is 0 Å². The van der Waals surface area contributed by atoms with Crippen molar-refractivity contribution in [2.75, 3.05) is 20.2 Å². The molecule has 1 aliphatic heterocycles. The largest absolute Gasteiger partial charge is 0.443 e. The van der Waals surface area contributed by atoms with Gasteiger partial charge in [-0.15, -0.1) is 0 Å². The Morgan fingerprint density at radius 2 is 2.53 bits per heavy atom. The fourth-order valence-electron chi connectivity index (χ4n) is 1.81. The minimum absolute atomic E-state index is 0.149. The molecular weight excluding hydrogens is 192 g/mol. The Balaban J connectivity index is 1.86. The van der Waals surface area contributed by atoms with Gasteiger partial charge in [-0.25, -0.2) is 4.98 Å². The summed E-state index contributed by atoms with van der Waals surface area (Å²) in [5.74, 6) is 1.72. The van der Waals surface area contributed by atoms with E-state index in [-0.39, 0.29) is 6.10 Å². The normalized spacial score (nSPS) is 21.0. The second-order valence-corrected chi connectivity index (χ2v) is 3.87. The molecule has 4 nitrogen and oxygen atoms in total. The highest BCUT2D eigenvalue weighted by atomic mass is 16.5. The van der Waals surface area contributed by atoms with Crippen molar-refractivity contribution in [3.05, 3.63) is 17.8 Å². The van der Waals surface area contributed by atoms with Gasteiger partial charge in [-0.05, 0) is 32.9 Å². The number of rotatable bonds is 5. The Morgan fingerprint density at radius 3 is 3.27 bits per heavy atom. The lowest BCUT2D eigenvalue weighted by molar-refractivity contribution is 0.0924. The molecule has 1 atom stereocenters. The molecule has 0 saturated carbocycles. The molecular formula is C11H18N2O2. The van der Waals surface area contributed by atoms with Gasteiger partial charge in [0.15, 0.2) is 11.7 Å². The van der Waals surface area contributed by atoms with Crippen LogP contribution in [0.3, 0.4) is 0 Å². The van der Waals surface area contributed by atoms with Gasteiger partial charge in [-0.2, -0.15) is 0 Å². The molecule has 0 bridgehead atoms. The smallest absolute Gasteiger partial charge is 0.194 e. The number of hydrogen-bond acceptors (Lipinski definition) is 4. The first-order valence-electron chi connectivity index (χ1n) is 5.61. The SMILES string of the molecule is CNCCCc1ncc(C2CCCO2)o1. The lowest BCUT2D eigenvalue weighted by Crippen LogP contribution is -2.08. The monoisotopic (exact) mass is 210 g/mol. The van der Waals surface area contributed by atoms with Gasteiger partial charge in [-0.3, -0.25) is 0 Å². The maximum atomic E-state index is 5.65. The van der Waals surface area contributed by atoms with Crippen LogP contribution >= 0.6 is 0 Å². The molecule has 1 aromatic heterocycles. The van der Waals surface area contributed by atoms with Crippen molar-refractivity contribution >= 4 is 0 Å². The number of oxazole rings is 1. The zero-order valence-corrected chi connectivity index (χ0v) is 9.16. The lowest BCUT2D eigenvalue weighted by atomic mass is 10.2. The highest BCUT2D eigenvalue weighted by molar-refractivity contribution is 5.00. The first kappa shape index (κ1) is 10.6. The van der Waals surface area contributed by atoms with Crippen LogP contribution in [0.1, 0.15) is 37.0 Å². The minimum atomic E-state index is 0.149. The highest BCUT2D eigenvalue weighted by Crippen LogP contribution is 2.28. The number of hydrogen-bond donors (Lipinski definition) is 1. The quantitative estimate of drug-likeness (QED) is 0.751. The van der Waals surface area contributed by atoms with E-state index in [9.17, 15) is 0 Å². The molecule has 1 aliphatic rings. The van der Waals surface area contributed by atoms with Crippen LogP contribution in [-0.4, -0.2) is 25.2 Å². The Bertz CT molecular complexity index is 293. The summed E-state index contributed by atoms with van der Waals surface area (Å²) in [5.41, 5.74) is 0. The van der Waals surface area contributed by atoms with E-state index in [4.69, 9.17) is 9.15 Å². The average Bonchev–Trinajstić information content (AvgIpc) is 2.87. The Labute approximate surface area is 90.0 Å². The van der Waals surface area contributed by atoms with Crippen molar-refractivity contribution in [1.29, 1.82) is 0 Å². The standard InChI is InChI=1S/C11H18N2O2/c1-12-6-2-5-11-13-8-10(15-11)9-4-3-7-14-9/h8-9,12H,2-7H2,1H3. The van der Waals surface area contributed by atoms with Crippen molar-refractivity contribution in [2.45, 2.75) is 31.8 Å². The van der Waals surface area contributed by atoms with E-state index in [1.54, 1.807) is 0 Å². The average molecular weight is 210 g/mol. The van der Waals surface area contributed by atoms with Crippen LogP contribution in [0.5, 0.6) is 0 Å². The molecule has 0 spiro atoms. The van der Waals surface area contributed by atoms with Crippen LogP contribution in [0.2, 0.25) is 0 Å². The number of nitrogens with zero attached hydrogens (tertiary/aromatic N) is 1. The third-order valence-corrected chi connectivity index (χ3v) is 2.64. The van der Waals surface area contributed by atoms with Crippen LogP contribution in [0.4, 0.5) is 0 Å². The Morgan fingerprint density at radius 1 is 1.60 bits per heavy atom. The third kappa shape index (κ3) is 2.79. The van der Waals surface area contributed by atoms with Crippen molar-refractivity contribution in [2.24, 2.45) is 0 Å². The molecule has 1 fully saturated rings. The summed E-state index contributed by atoms with van der Waals surface area (Å²) in [6, 6.07) is 0. The maximum Gasteiger partial charge on any atom is 0.194 e. The molecule has 0 radical (unpaired) electrons. The van der Waals surface area contributed by atoms with Crippen LogP contribution in [0, 0.1) is 0 Å². The van der Waals surface area contributed by atoms with Gasteiger partial charge in [0.25, 0.3) is 0 Å². The van der Waals surface area contributed by atoms with E-state index in [2.05, 4.69) is 10.3 Å². The first-order chi connectivity index (χ1) is 7.40. The van der Waals surface area contributed by atoms with E-state index in [1.165, 1.54) is 0 Å². The van der Waals surface area contributed by atoms with Crippen LogP contribution in [0.15, 0.2) is 10.6 Å². The summed E-state index contributed by atoms with van der Waals surface area (Å²) >= 11 is 0. The van der Waals surface area contributed by atoms with Gasteiger partial charge >= 0.3 is 0 Å². The Hall–Kier alpha value is -0.870. The molecule has 0 amide bonds. The van der Waals surface area contributed by atoms with E-state index in [0.29, 0.717) is 0 Å². The lowest BCUT2D eigenvalue weighted by Gasteiger charge is -2.03. The van der Waals surface area contributed by atoms with E-state index in [1.807, 2.05) is 13.2 Å². The summed E-state index contributed by atoms with van der Waals surface area (Å²) in [7, 11) is 1.95. The van der Waals surface area contributed by atoms with Crippen molar-refractivity contribution in [3.63, 3.8) is 0 Å². The van der Waals surface area contributed by atoms with Crippen LogP contribution in [0.25, 0.3) is 0 Å². The number of ether oxygens (including phenoxy) is 1. The second-order valence-electron chi connectivity index (χ2n) is 3.87. The maximum absolute atomic E-state index is 5.65. The molecule has 1 unspecified atom stereocenters. The predicted molar refractivity (Wildman–Crippen MR) is 56.7 cm³/mol. The molecule has 2 rings (SSSR count). The zero-order valence-electron chi connectivity index (χ0n) is 9.16. The number of nitrogens with one attached hydrogen (secondary N) is 1. The summed E-state index contributed by atoms with van der Waals surface area (Å²) in [6.45, 7) is 1.85. The molecule has 4 heteroatoms. The van der Waals surface area contributed by atoms with Crippen molar-refractivity contribution < 1.29 is 9.15 Å². The molecule has 1 aromatic rings. The minimum Gasteiger partial charge on any atom is -0.443 e. The van der Waals surface area contributed by atoms with Crippen molar-refractivity contribution in [1.82, 2.24) is 10.3 Å². The second kappa shape index (κ2) is 5.28. The first-order valence-corrected chi connectivity index (χ1v) is 5.61. The summed E-state index contributed by atoms with van der Waals surface area (Å²) in [5, 5.41) is 3.11. The Kier molecular flexibility index (Phi) is 3.75. The summed E-state index contributed by atoms with van der Waals surface area (Å²) < 4.78 is 11.2. The molecule has 0 aliphatic carbocycles. The molecule has 1 N–H and O–H groups in total. The van der Waals surface area contributed by atoms with Crippen molar-refractivity contribution in [3.8, 4) is 0 Å². The van der Waals surface area contributed by atoms with E-state index in [0.717, 1.165) is 50.5 Å². The van der Waals surface area contributed by atoms with Gasteiger partial charge in [0.05, 0.1) is 6.20 Å². The molecule has 2 heterocycles. The van der Waals surface area contributed by atoms with Gasteiger partial charge in [0.1, 0.15) is 6.10 Å². The van der Waals surface area contributed by atoms with E-state index < -0.39 is 0 Å². The predicted octanol–water partition coefficient (Wildman–Crippen LogP) is 1.68. The molecule has 84 valence electrons. The third-order valence-electron chi connectivity index (χ3n) is 2.64.